The Hall–Kier alpha value is -17.7. The molecule has 0 aliphatic heterocycles. The van der Waals surface area contributed by atoms with Crippen molar-refractivity contribution in [1.29, 1.82) is 0 Å². The average molecular weight is 1920 g/mol. The van der Waals surface area contributed by atoms with Crippen molar-refractivity contribution >= 4 is 140 Å². The lowest BCUT2D eigenvalue weighted by Gasteiger charge is -2.23. The summed E-state index contributed by atoms with van der Waals surface area (Å²) in [5, 5.41) is 33.8. The fourth-order valence-corrected chi connectivity index (χ4v) is 23.1. The third-order valence-electron chi connectivity index (χ3n) is 31.0. The van der Waals surface area contributed by atoms with E-state index in [9.17, 15) is 0 Å². The predicted molar refractivity (Wildman–Crippen MR) is 644 cm³/mol. The highest BCUT2D eigenvalue weighted by Crippen LogP contribution is 2.53. The summed E-state index contributed by atoms with van der Waals surface area (Å²) >= 11 is 0. The molecule has 0 unspecified atom stereocenters. The minimum atomic E-state index is 0.0699. The van der Waals surface area contributed by atoms with Crippen LogP contribution in [0.4, 0.5) is 0 Å². The van der Waals surface area contributed by atoms with Crippen LogP contribution in [0.15, 0.2) is 474 Å². The molecule has 0 amide bonds. The minimum absolute atomic E-state index is 0.0699. The quantitative estimate of drug-likeness (QED) is 0.121. The summed E-state index contributed by atoms with van der Waals surface area (Å²) in [6.07, 6.45) is 7.55. The van der Waals surface area contributed by atoms with E-state index in [0.29, 0.717) is 0 Å². The molecule has 4 heterocycles. The molecule has 24 aromatic carbocycles. The van der Waals surface area contributed by atoms with Gasteiger partial charge in [-0.25, -0.2) is 0 Å². The van der Waals surface area contributed by atoms with E-state index in [2.05, 4.69) is 508 Å². The molecule has 150 heavy (non-hydrogen) atoms. The summed E-state index contributed by atoms with van der Waals surface area (Å²) in [5.41, 5.74) is 31.7. The van der Waals surface area contributed by atoms with Gasteiger partial charge >= 0.3 is 0 Å². The zero-order chi connectivity index (χ0) is 102. The van der Waals surface area contributed by atoms with Gasteiger partial charge in [0.25, 0.3) is 0 Å². The van der Waals surface area contributed by atoms with Gasteiger partial charge in [-0.1, -0.05) is 435 Å². The molecule has 4 heteroatoms. The van der Waals surface area contributed by atoms with E-state index in [1.54, 1.807) is 0 Å². The lowest BCUT2D eigenvalue weighted by atomic mass is 9.81. The molecular formula is C146H114N4. The highest BCUT2D eigenvalue weighted by molar-refractivity contribution is 6.33. The monoisotopic (exact) mass is 1920 g/mol. The lowest BCUT2D eigenvalue weighted by Crippen LogP contribution is -2.10. The van der Waals surface area contributed by atoms with Crippen molar-refractivity contribution in [2.24, 2.45) is 0 Å². The molecule has 0 N–H and O–H groups in total. The first kappa shape index (κ1) is 93.4. The molecule has 0 radical (unpaired) electrons. The number of nitrogens with zero attached hydrogens (tertiary/aromatic N) is 4. The number of fused-ring (bicyclic) bond motifs is 1. The van der Waals surface area contributed by atoms with Crippen LogP contribution in [0, 0.1) is 0 Å². The molecule has 28 aromatic rings. The third-order valence-corrected chi connectivity index (χ3v) is 31.0. The van der Waals surface area contributed by atoms with Gasteiger partial charge < -0.3 is 0 Å². The Kier molecular flexibility index (Phi) is 23.2. The first-order valence-corrected chi connectivity index (χ1v) is 52.6. The van der Waals surface area contributed by atoms with Gasteiger partial charge in [0.05, 0.1) is 22.8 Å². The third kappa shape index (κ3) is 17.2. The van der Waals surface area contributed by atoms with Crippen LogP contribution < -0.4 is 0 Å². The Morgan fingerprint density at radius 1 is 0.127 bits per heavy atom. The van der Waals surface area contributed by atoms with E-state index < -0.39 is 0 Å². The molecule has 0 fully saturated rings. The minimum Gasteiger partial charge on any atom is -0.256 e. The van der Waals surface area contributed by atoms with Crippen molar-refractivity contribution in [3.05, 3.63) is 496 Å². The second-order valence-corrected chi connectivity index (χ2v) is 44.7. The summed E-state index contributed by atoms with van der Waals surface area (Å²) < 4.78 is 0. The Morgan fingerprint density at radius 2 is 0.333 bits per heavy atom. The van der Waals surface area contributed by atoms with Gasteiger partial charge in [-0.15, -0.1) is 0 Å². The van der Waals surface area contributed by atoms with Crippen LogP contribution in [-0.4, -0.2) is 19.9 Å². The van der Waals surface area contributed by atoms with Crippen LogP contribution in [0.25, 0.3) is 263 Å². The number of hydrogen-bond donors (Lipinski definition) is 0. The molecule has 0 saturated carbocycles. The van der Waals surface area contributed by atoms with Crippen molar-refractivity contribution in [1.82, 2.24) is 19.9 Å². The molecule has 0 atom stereocenters. The van der Waals surface area contributed by atoms with E-state index >= 15 is 0 Å². The number of rotatable bonds is 11. The molecule has 4 nitrogen and oxygen atoms in total. The van der Waals surface area contributed by atoms with Crippen molar-refractivity contribution in [2.45, 2.75) is 105 Å². The Bertz CT molecular complexity index is 9730. The van der Waals surface area contributed by atoms with Crippen LogP contribution in [0.2, 0.25) is 0 Å². The number of aromatic nitrogens is 4. The molecule has 0 saturated heterocycles. The van der Waals surface area contributed by atoms with Crippen LogP contribution in [-0.2, 0) is 21.7 Å². The van der Waals surface area contributed by atoms with Gasteiger partial charge in [0, 0.05) is 47.0 Å². The molecular weight excluding hydrogens is 1810 g/mol. The zero-order valence-electron chi connectivity index (χ0n) is 86.8. The zero-order valence-corrected chi connectivity index (χ0v) is 86.8. The van der Waals surface area contributed by atoms with Gasteiger partial charge in [0.1, 0.15) is 0 Å². The molecule has 0 spiro atoms. The molecule has 4 aromatic heterocycles. The predicted octanol–water partition coefficient (Wildman–Crippen LogP) is 40.6. The Labute approximate surface area is 877 Å². The molecule has 0 bridgehead atoms. The van der Waals surface area contributed by atoms with E-state index in [1.807, 2.05) is 49.1 Å². The van der Waals surface area contributed by atoms with Gasteiger partial charge in [0.15, 0.2) is 0 Å². The normalized spacial score (nSPS) is 12.1. The SMILES string of the molecule is CC(C)(C)c1cc2ccc3c(-c4cc(-c5ccccc5)cc(-c5ccccc5)c4)cc(-c4ccccn4)c4ccc(c1)c2c34.CC(C)(C)c1cc2ccc3c(-c4ccc(-c5ccccc5)cc4)cc(-c4ccccn4)c4ccc(c1)c2c34.CC(C)(C)c1cc2ccc3c(-c4ccc5ccccc5c4)cc(-c4ccccn4)c4ccc(c1)c2c34.CC(C)(C)c1cc2ccc3c(-c4ccccc4)cc(-c4ccccn4)c4ccc(c1)c2c34. The summed E-state index contributed by atoms with van der Waals surface area (Å²) in [6.45, 7) is 27.5. The fraction of sp³-hybridized carbons (Fsp3) is 0.110. The maximum Gasteiger partial charge on any atom is 0.0708 e. The largest absolute Gasteiger partial charge is 0.256 e. The van der Waals surface area contributed by atoms with Crippen molar-refractivity contribution < 1.29 is 0 Å². The number of benzene rings is 24. The second-order valence-electron chi connectivity index (χ2n) is 44.7. The van der Waals surface area contributed by atoms with E-state index in [4.69, 9.17) is 19.9 Å². The highest BCUT2D eigenvalue weighted by atomic mass is 14.7. The highest BCUT2D eigenvalue weighted by Gasteiger charge is 2.29. The van der Waals surface area contributed by atoms with E-state index in [1.165, 1.54) is 257 Å². The van der Waals surface area contributed by atoms with Gasteiger partial charge in [-0.05, 0) is 359 Å². The smallest absolute Gasteiger partial charge is 0.0708 e. The molecule has 0 aliphatic carbocycles. The van der Waals surface area contributed by atoms with Crippen molar-refractivity contribution in [3.63, 3.8) is 0 Å². The number of hydrogen-bond acceptors (Lipinski definition) is 4. The second kappa shape index (κ2) is 37.4. The standard InChI is InChI=1S/C43H33N.C37H29N.C35H27N.C31H25N/c1-43(2,3)35-25-30-17-19-36-38(27-39(40-16-10-11-21-44-40)37-20-18-31(26-35)41(30)42(36)37)34-23-32(28-12-6-4-7-13-28)22-33(24-34)29-14-8-5-9-15-29;1-37(2,3)29-21-27-16-18-30-32(26-14-12-25(13-15-26)24-9-5-4-6-10-24)23-33(34-11-7-8-20-38-34)31-19-17-28(22-29)35(27)36(30)31;1-35(2,3)27-19-25-13-15-28-30(24-12-11-22-8-4-5-9-23(22)18-24)21-31(32-10-6-7-17-36-32)29-16-14-26(20-27)33(25)34(28)29;1-31(2,3)23-17-21-12-14-24-26(20-9-5-4-6-10-20)19-27(28-11-7-8-16-32-28)25-15-13-22(18-23)29(21)30(24)25/h4-27H,1-3H3;4-23H,1-3H3;4-21H,1-3H3;4-19H,1-3H3. The van der Waals surface area contributed by atoms with Crippen LogP contribution >= 0.6 is 0 Å². The molecule has 28 rings (SSSR count). The first-order chi connectivity index (χ1) is 72.9. The topological polar surface area (TPSA) is 51.6 Å². The van der Waals surface area contributed by atoms with E-state index in [-0.39, 0.29) is 21.7 Å². The molecule has 718 valence electrons. The molecule has 0 aliphatic rings. The van der Waals surface area contributed by atoms with Crippen molar-refractivity contribution in [3.8, 4) is 123 Å². The summed E-state index contributed by atoms with van der Waals surface area (Å²) in [4.78, 5) is 19.1. The average Bonchev–Trinajstić information content (AvgIpc) is 0.724. The van der Waals surface area contributed by atoms with Crippen LogP contribution in [0.5, 0.6) is 0 Å². The summed E-state index contributed by atoms with van der Waals surface area (Å²) in [6, 6.07) is 164. The Morgan fingerprint density at radius 3 is 0.613 bits per heavy atom. The Balaban J connectivity index is 0.000000104. The summed E-state index contributed by atoms with van der Waals surface area (Å²) in [5.74, 6) is 0. The van der Waals surface area contributed by atoms with Gasteiger partial charge in [0.2, 0.25) is 0 Å². The van der Waals surface area contributed by atoms with E-state index in [0.717, 1.165) is 28.3 Å². The van der Waals surface area contributed by atoms with Crippen molar-refractivity contribution in [2.75, 3.05) is 0 Å². The maximum atomic E-state index is 4.84. The lowest BCUT2D eigenvalue weighted by molar-refractivity contribution is 0.591. The van der Waals surface area contributed by atoms with Crippen LogP contribution in [0.3, 0.4) is 0 Å². The van der Waals surface area contributed by atoms with Gasteiger partial charge in [-0.2, -0.15) is 0 Å². The maximum absolute atomic E-state index is 4.84. The van der Waals surface area contributed by atoms with Crippen LogP contribution in [0.1, 0.15) is 105 Å². The number of pyridine rings is 4. The first-order valence-electron chi connectivity index (χ1n) is 52.6. The van der Waals surface area contributed by atoms with Gasteiger partial charge in [-0.3, -0.25) is 19.9 Å². The fourth-order valence-electron chi connectivity index (χ4n) is 23.1. The summed E-state index contributed by atoms with van der Waals surface area (Å²) in [7, 11) is 0.